The molecule has 0 saturated heterocycles. The van der Waals surface area contributed by atoms with Gasteiger partial charge in [0.1, 0.15) is 0 Å². The van der Waals surface area contributed by atoms with Gasteiger partial charge in [-0.2, -0.15) is 0 Å². The molecule has 0 saturated carbocycles. The van der Waals surface area contributed by atoms with Crippen LogP contribution in [0.15, 0.2) is 0 Å². The molecule has 0 amide bonds. The maximum Gasteiger partial charge on any atom is 0.300 e. The topological polar surface area (TPSA) is 264 Å². The SMILES string of the molecule is CC(=O)O.CC(=O)O.CC(=O)O.CC(=O)O.NCCN.O.O.[K].[K]. The first kappa shape index (κ1) is 56.3. The van der Waals surface area contributed by atoms with Crippen LogP contribution in [0.2, 0.25) is 0 Å². The van der Waals surface area contributed by atoms with E-state index in [1.165, 1.54) is 0 Å². The Hall–Kier alpha value is 0.993. The Morgan fingerprint density at radius 3 is 0.625 bits per heavy atom. The molecule has 0 bridgehead atoms. The van der Waals surface area contributed by atoms with Gasteiger partial charge in [0.25, 0.3) is 23.9 Å². The molecule has 24 heavy (non-hydrogen) atoms. The minimum atomic E-state index is -0.833. The molecule has 0 atom stereocenters. The van der Waals surface area contributed by atoms with Crippen molar-refractivity contribution in [3.05, 3.63) is 0 Å². The molecule has 0 aromatic heterocycles. The van der Waals surface area contributed by atoms with E-state index in [0.717, 1.165) is 27.7 Å². The molecule has 0 aliphatic heterocycles. The molecule has 0 aromatic carbocycles. The first-order valence-electron chi connectivity index (χ1n) is 5.03. The summed E-state index contributed by atoms with van der Waals surface area (Å²) in [5, 5.41) is 29.7. The third-order valence-electron chi connectivity index (χ3n) is 0.167. The minimum Gasteiger partial charge on any atom is -0.481 e. The number of nitrogens with two attached hydrogens (primary N) is 2. The average molecular weight is 415 g/mol. The van der Waals surface area contributed by atoms with Crippen molar-refractivity contribution < 1.29 is 50.6 Å². The summed E-state index contributed by atoms with van der Waals surface area (Å²) < 4.78 is 0. The summed E-state index contributed by atoms with van der Waals surface area (Å²) in [5.74, 6) is -3.33. The smallest absolute Gasteiger partial charge is 0.300 e. The van der Waals surface area contributed by atoms with Gasteiger partial charge in [0.05, 0.1) is 0 Å². The van der Waals surface area contributed by atoms with Crippen LogP contribution >= 0.6 is 0 Å². The van der Waals surface area contributed by atoms with Crippen LogP contribution < -0.4 is 11.5 Å². The second kappa shape index (κ2) is 56.4. The Labute approximate surface area is 225 Å². The fourth-order valence-electron chi connectivity index (χ4n) is 0. The quantitative estimate of drug-likeness (QED) is 0.234. The van der Waals surface area contributed by atoms with Crippen LogP contribution in [-0.2, 0) is 19.2 Å². The van der Waals surface area contributed by atoms with E-state index in [2.05, 4.69) is 0 Å². The van der Waals surface area contributed by atoms with E-state index in [-0.39, 0.29) is 114 Å². The van der Waals surface area contributed by atoms with Gasteiger partial charge < -0.3 is 42.8 Å². The van der Waals surface area contributed by atoms with Gasteiger partial charge in [0, 0.05) is 144 Å². The van der Waals surface area contributed by atoms with Gasteiger partial charge >= 0.3 is 0 Å². The number of hydrogen-bond donors (Lipinski definition) is 6. The zero-order valence-electron chi connectivity index (χ0n) is 15.0. The molecule has 12 nitrogen and oxygen atoms in total. The summed E-state index contributed by atoms with van der Waals surface area (Å²) >= 11 is 0. The van der Waals surface area contributed by atoms with Crippen molar-refractivity contribution in [2.24, 2.45) is 11.5 Å². The largest absolute Gasteiger partial charge is 0.481 e. The normalized spacial score (nSPS) is 5.42. The predicted octanol–water partition coefficient (Wildman–Crippen LogP) is -3.14. The molecular formula is C10H28K2N2O10. The molecule has 0 unspecified atom stereocenters. The molecular weight excluding hydrogens is 386 g/mol. The van der Waals surface area contributed by atoms with Crippen LogP contribution in [0, 0.1) is 0 Å². The Kier molecular flexibility index (Phi) is 132. The first-order chi connectivity index (χ1) is 8.84. The van der Waals surface area contributed by atoms with Crippen molar-refractivity contribution in [1.82, 2.24) is 0 Å². The summed E-state index contributed by atoms with van der Waals surface area (Å²) in [7, 11) is 0. The molecule has 14 heteroatoms. The maximum atomic E-state index is 9.00. The van der Waals surface area contributed by atoms with Gasteiger partial charge in [0.15, 0.2) is 0 Å². The van der Waals surface area contributed by atoms with E-state index in [0.29, 0.717) is 13.1 Å². The minimum absolute atomic E-state index is 0. The molecule has 0 fully saturated rings. The number of carboxylic acids is 4. The molecule has 0 aliphatic rings. The average Bonchev–Trinajstić information content (AvgIpc) is 2.13. The van der Waals surface area contributed by atoms with E-state index in [9.17, 15) is 0 Å². The van der Waals surface area contributed by atoms with E-state index in [1.54, 1.807) is 0 Å². The Balaban J connectivity index is -0.0000000161. The summed E-state index contributed by atoms with van der Waals surface area (Å²) in [5.41, 5.74) is 9.81. The summed E-state index contributed by atoms with van der Waals surface area (Å²) in [6.07, 6.45) is 0. The summed E-state index contributed by atoms with van der Waals surface area (Å²) in [6, 6.07) is 0. The zero-order valence-corrected chi connectivity index (χ0v) is 21.2. The molecule has 0 aliphatic carbocycles. The molecule has 12 N–H and O–H groups in total. The number of rotatable bonds is 1. The fourth-order valence-corrected chi connectivity index (χ4v) is 0. The van der Waals surface area contributed by atoms with Crippen molar-refractivity contribution in [3.63, 3.8) is 0 Å². The second-order valence-corrected chi connectivity index (χ2v) is 2.65. The predicted molar refractivity (Wildman–Crippen MR) is 90.1 cm³/mol. The van der Waals surface area contributed by atoms with Crippen molar-refractivity contribution in [3.8, 4) is 0 Å². The Bertz CT molecular complexity index is 202. The van der Waals surface area contributed by atoms with Gasteiger partial charge in [0.2, 0.25) is 0 Å². The van der Waals surface area contributed by atoms with Gasteiger partial charge in [-0.3, -0.25) is 19.2 Å². The number of carbonyl (C=O) groups is 4. The van der Waals surface area contributed by atoms with E-state index >= 15 is 0 Å². The monoisotopic (exact) mass is 414 g/mol. The molecule has 2 radical (unpaired) electrons. The van der Waals surface area contributed by atoms with E-state index in [4.69, 9.17) is 51.1 Å². The number of aliphatic carboxylic acids is 4. The molecule has 0 spiro atoms. The van der Waals surface area contributed by atoms with E-state index in [1.807, 2.05) is 0 Å². The molecule has 0 aromatic rings. The maximum absolute atomic E-state index is 9.00. The van der Waals surface area contributed by atoms with Gasteiger partial charge in [-0.15, -0.1) is 0 Å². The van der Waals surface area contributed by atoms with Crippen molar-refractivity contribution >= 4 is 127 Å². The molecule has 0 heterocycles. The van der Waals surface area contributed by atoms with Gasteiger partial charge in [-0.25, -0.2) is 0 Å². The van der Waals surface area contributed by atoms with E-state index < -0.39 is 23.9 Å². The van der Waals surface area contributed by atoms with Gasteiger partial charge in [-0.1, -0.05) is 0 Å². The number of hydrogen-bond acceptors (Lipinski definition) is 6. The zero-order chi connectivity index (χ0) is 17.7. The van der Waals surface area contributed by atoms with Crippen LogP contribution in [0.5, 0.6) is 0 Å². The third-order valence-corrected chi connectivity index (χ3v) is 0.167. The van der Waals surface area contributed by atoms with Crippen LogP contribution in [0.1, 0.15) is 27.7 Å². The first-order valence-corrected chi connectivity index (χ1v) is 5.03. The van der Waals surface area contributed by atoms with Crippen LogP contribution in [0.4, 0.5) is 0 Å². The second-order valence-electron chi connectivity index (χ2n) is 2.65. The summed E-state index contributed by atoms with van der Waals surface area (Å²) in [4.78, 5) is 36.0. The van der Waals surface area contributed by atoms with Gasteiger partial charge in [-0.05, 0) is 0 Å². The summed E-state index contributed by atoms with van der Waals surface area (Å²) in [6.45, 7) is 5.53. The fraction of sp³-hybridized carbons (Fsp3) is 0.600. The van der Waals surface area contributed by atoms with Crippen molar-refractivity contribution in [2.45, 2.75) is 27.7 Å². The Morgan fingerprint density at radius 1 is 0.583 bits per heavy atom. The van der Waals surface area contributed by atoms with Crippen molar-refractivity contribution in [1.29, 1.82) is 0 Å². The van der Waals surface area contributed by atoms with Crippen LogP contribution in [-0.4, -0.2) is 171 Å². The standard InChI is InChI=1S/C2H8N2.4C2H4O2.2K.2H2O/c3-1-2-4;4*1-2(3)4;;;;/h1-4H2;4*1H3,(H,3,4);;;2*1H2. The van der Waals surface area contributed by atoms with Crippen molar-refractivity contribution in [2.75, 3.05) is 13.1 Å². The van der Waals surface area contributed by atoms with Crippen LogP contribution in [0.3, 0.4) is 0 Å². The number of carboxylic acid groups (broad SMARTS) is 4. The Morgan fingerprint density at radius 2 is 0.625 bits per heavy atom. The molecule has 0 rings (SSSR count). The third kappa shape index (κ3) is 2800. The van der Waals surface area contributed by atoms with Crippen LogP contribution in [0.25, 0.3) is 0 Å². The molecule has 140 valence electrons.